The first-order valence-corrected chi connectivity index (χ1v) is 8.41. The van der Waals surface area contributed by atoms with E-state index >= 15 is 0 Å². The van der Waals surface area contributed by atoms with Crippen molar-refractivity contribution < 1.29 is 14.3 Å². The Balaban J connectivity index is 2.49. The lowest BCUT2D eigenvalue weighted by Gasteiger charge is -2.12. The zero-order chi connectivity index (χ0) is 17.2. The quantitative estimate of drug-likeness (QED) is 0.387. The molecular weight excluding hydrogens is 382 g/mol. The monoisotopic (exact) mass is 401 g/mol. The summed E-state index contributed by atoms with van der Waals surface area (Å²) in [5, 5.41) is 2.50. The van der Waals surface area contributed by atoms with Crippen LogP contribution in [0.3, 0.4) is 0 Å². The molecule has 0 fully saturated rings. The minimum atomic E-state index is -0.430. The average molecular weight is 402 g/mol. The number of ether oxygens (including phenoxy) is 1. The first-order chi connectivity index (χ1) is 11.0. The van der Waals surface area contributed by atoms with E-state index in [1.54, 1.807) is 18.2 Å². The van der Waals surface area contributed by atoms with E-state index in [2.05, 4.69) is 39.0 Å². The second-order valence-corrected chi connectivity index (χ2v) is 6.08. The number of hydrogen-bond acceptors (Lipinski definition) is 4. The molecule has 126 valence electrons. The fourth-order valence-corrected chi connectivity index (χ4v) is 2.29. The molecule has 0 radical (unpaired) electrons. The van der Waals surface area contributed by atoms with Crippen molar-refractivity contribution in [1.29, 1.82) is 0 Å². The van der Waals surface area contributed by atoms with Crippen LogP contribution in [0.25, 0.3) is 0 Å². The third kappa shape index (κ3) is 6.96. The Morgan fingerprint density at radius 2 is 2.00 bits per heavy atom. The van der Waals surface area contributed by atoms with Crippen LogP contribution in [0.2, 0.25) is 0 Å². The lowest BCUT2D eigenvalue weighted by molar-refractivity contribution is -0.121. The van der Waals surface area contributed by atoms with Gasteiger partial charge in [-0.2, -0.15) is 0 Å². The summed E-state index contributed by atoms with van der Waals surface area (Å²) in [6.45, 7) is 2.07. The molecule has 0 heterocycles. The molecule has 0 spiro atoms. The highest BCUT2D eigenvalue weighted by Gasteiger charge is 2.14. The summed E-state index contributed by atoms with van der Waals surface area (Å²) in [6.07, 6.45) is 3.27. The van der Waals surface area contributed by atoms with Crippen molar-refractivity contribution in [2.24, 2.45) is 0 Å². The van der Waals surface area contributed by atoms with Crippen LogP contribution in [0.4, 0.5) is 0 Å². The Bertz CT molecular complexity index is 581. The van der Waals surface area contributed by atoms with E-state index in [4.69, 9.17) is 17.0 Å². The minimum absolute atomic E-state index is 0.0147. The van der Waals surface area contributed by atoms with E-state index in [0.717, 1.165) is 23.7 Å². The number of amides is 2. The second kappa shape index (κ2) is 10.2. The number of nitrogens with one attached hydrogen (secondary N) is 3. The summed E-state index contributed by atoms with van der Waals surface area (Å²) in [5.41, 5.74) is 5.30. The standard InChI is InChI=1S/C15H20BrN3O3S/c1-3-4-5-6-13(20)18-19-15(23)17-14(21)11-9-10(16)7-8-12(11)22-2/h7-9H,3-6H2,1-2H3,(H,18,20)(H2,17,19,21,23). The Morgan fingerprint density at radius 1 is 1.26 bits per heavy atom. The zero-order valence-corrected chi connectivity index (χ0v) is 15.5. The van der Waals surface area contributed by atoms with Crippen LogP contribution in [-0.4, -0.2) is 24.0 Å². The molecule has 0 saturated carbocycles. The van der Waals surface area contributed by atoms with Crippen LogP contribution in [0.1, 0.15) is 43.0 Å². The molecule has 6 nitrogen and oxygen atoms in total. The molecule has 0 bridgehead atoms. The third-order valence-corrected chi connectivity index (χ3v) is 3.65. The number of benzene rings is 1. The highest BCUT2D eigenvalue weighted by Crippen LogP contribution is 2.22. The van der Waals surface area contributed by atoms with Gasteiger partial charge >= 0.3 is 0 Å². The van der Waals surface area contributed by atoms with Crippen molar-refractivity contribution in [2.75, 3.05) is 7.11 Å². The minimum Gasteiger partial charge on any atom is -0.496 e. The summed E-state index contributed by atoms with van der Waals surface area (Å²) in [4.78, 5) is 23.7. The Labute approximate surface area is 149 Å². The van der Waals surface area contributed by atoms with Crippen LogP contribution < -0.4 is 20.9 Å². The summed E-state index contributed by atoms with van der Waals surface area (Å²) >= 11 is 8.28. The van der Waals surface area contributed by atoms with Gasteiger partial charge in [0.2, 0.25) is 5.91 Å². The number of carbonyl (C=O) groups is 2. The molecule has 0 aromatic heterocycles. The maximum absolute atomic E-state index is 12.2. The van der Waals surface area contributed by atoms with Gasteiger partial charge in [0.05, 0.1) is 12.7 Å². The highest BCUT2D eigenvalue weighted by atomic mass is 79.9. The second-order valence-electron chi connectivity index (χ2n) is 4.76. The number of unbranched alkanes of at least 4 members (excludes halogenated alkanes) is 2. The van der Waals surface area contributed by atoms with Gasteiger partial charge in [-0.1, -0.05) is 35.7 Å². The van der Waals surface area contributed by atoms with Crippen LogP contribution >= 0.6 is 28.1 Å². The molecule has 1 rings (SSSR count). The number of thiocarbonyl (C=S) groups is 1. The molecule has 3 N–H and O–H groups in total. The van der Waals surface area contributed by atoms with E-state index in [-0.39, 0.29) is 11.0 Å². The summed E-state index contributed by atoms with van der Waals surface area (Å²) in [6, 6.07) is 5.06. The van der Waals surface area contributed by atoms with Crippen LogP contribution in [-0.2, 0) is 4.79 Å². The molecular formula is C15H20BrN3O3S. The predicted molar refractivity (Wildman–Crippen MR) is 96.2 cm³/mol. The van der Waals surface area contributed by atoms with Crippen molar-refractivity contribution in [3.63, 3.8) is 0 Å². The molecule has 1 aromatic rings. The molecule has 0 saturated heterocycles. The number of methoxy groups -OCH3 is 1. The molecule has 2 amide bonds. The Morgan fingerprint density at radius 3 is 2.65 bits per heavy atom. The molecule has 0 aliphatic heterocycles. The van der Waals surface area contributed by atoms with Gasteiger partial charge in [-0.3, -0.25) is 25.8 Å². The van der Waals surface area contributed by atoms with Crippen molar-refractivity contribution in [2.45, 2.75) is 32.6 Å². The molecule has 23 heavy (non-hydrogen) atoms. The van der Waals surface area contributed by atoms with Gasteiger partial charge in [-0.15, -0.1) is 0 Å². The summed E-state index contributed by atoms with van der Waals surface area (Å²) in [7, 11) is 1.48. The Hall–Kier alpha value is -1.67. The lowest BCUT2D eigenvalue weighted by atomic mass is 10.2. The van der Waals surface area contributed by atoms with Gasteiger partial charge in [0.25, 0.3) is 5.91 Å². The van der Waals surface area contributed by atoms with Crippen LogP contribution in [0.15, 0.2) is 22.7 Å². The normalized spacial score (nSPS) is 9.87. The molecule has 0 unspecified atom stereocenters. The topological polar surface area (TPSA) is 79.5 Å². The predicted octanol–water partition coefficient (Wildman–Crippen LogP) is 2.67. The largest absolute Gasteiger partial charge is 0.496 e. The smallest absolute Gasteiger partial charge is 0.261 e. The lowest BCUT2D eigenvalue weighted by Crippen LogP contribution is -2.48. The first-order valence-electron chi connectivity index (χ1n) is 7.21. The number of hydrazine groups is 1. The highest BCUT2D eigenvalue weighted by molar-refractivity contribution is 9.10. The molecule has 8 heteroatoms. The van der Waals surface area contributed by atoms with Gasteiger partial charge in [0, 0.05) is 10.9 Å². The average Bonchev–Trinajstić information content (AvgIpc) is 2.53. The maximum Gasteiger partial charge on any atom is 0.261 e. The first kappa shape index (κ1) is 19.4. The van der Waals surface area contributed by atoms with E-state index in [1.807, 2.05) is 0 Å². The third-order valence-electron chi connectivity index (χ3n) is 2.96. The number of carbonyl (C=O) groups excluding carboxylic acids is 2. The number of rotatable bonds is 6. The van der Waals surface area contributed by atoms with E-state index in [9.17, 15) is 9.59 Å². The van der Waals surface area contributed by atoms with Crippen molar-refractivity contribution >= 4 is 45.1 Å². The SMILES string of the molecule is CCCCCC(=O)NNC(=S)NC(=O)c1cc(Br)ccc1OC. The number of halogens is 1. The van der Waals surface area contributed by atoms with Gasteiger partial charge in [0.15, 0.2) is 5.11 Å². The number of hydrogen-bond donors (Lipinski definition) is 3. The fourth-order valence-electron chi connectivity index (χ4n) is 1.78. The molecule has 0 atom stereocenters. The van der Waals surface area contributed by atoms with Crippen LogP contribution in [0.5, 0.6) is 5.75 Å². The van der Waals surface area contributed by atoms with Gasteiger partial charge in [-0.25, -0.2) is 0 Å². The van der Waals surface area contributed by atoms with Crippen molar-refractivity contribution in [3.8, 4) is 5.75 Å². The van der Waals surface area contributed by atoms with E-state index < -0.39 is 5.91 Å². The maximum atomic E-state index is 12.2. The van der Waals surface area contributed by atoms with E-state index in [1.165, 1.54) is 7.11 Å². The van der Waals surface area contributed by atoms with E-state index in [0.29, 0.717) is 17.7 Å². The zero-order valence-electron chi connectivity index (χ0n) is 13.1. The fraction of sp³-hybridized carbons (Fsp3) is 0.400. The molecule has 1 aromatic carbocycles. The van der Waals surface area contributed by atoms with Crippen LogP contribution in [0, 0.1) is 0 Å². The molecule has 0 aliphatic carbocycles. The van der Waals surface area contributed by atoms with Gasteiger partial charge < -0.3 is 4.74 Å². The van der Waals surface area contributed by atoms with Gasteiger partial charge in [-0.05, 0) is 36.8 Å². The summed E-state index contributed by atoms with van der Waals surface area (Å²) in [5.74, 6) is -0.173. The molecule has 0 aliphatic rings. The Kier molecular flexibility index (Phi) is 8.57. The summed E-state index contributed by atoms with van der Waals surface area (Å²) < 4.78 is 5.88. The van der Waals surface area contributed by atoms with Crippen molar-refractivity contribution in [1.82, 2.24) is 16.2 Å². The van der Waals surface area contributed by atoms with Gasteiger partial charge in [0.1, 0.15) is 5.75 Å². The van der Waals surface area contributed by atoms with Crippen molar-refractivity contribution in [3.05, 3.63) is 28.2 Å².